The van der Waals surface area contributed by atoms with Crippen molar-refractivity contribution in [2.45, 2.75) is 72.2 Å². The first kappa shape index (κ1) is 23.0. The van der Waals surface area contributed by atoms with Gasteiger partial charge in [0.15, 0.2) is 0 Å². The monoisotopic (exact) mass is 422 g/mol. The Bertz CT molecular complexity index is 793. The van der Waals surface area contributed by atoms with Crippen molar-refractivity contribution in [3.8, 4) is 0 Å². The van der Waals surface area contributed by atoms with Crippen LogP contribution in [0.5, 0.6) is 0 Å². The molecule has 0 aromatic heterocycles. The molecular formula is C20H29F3O4S. The molecule has 1 fully saturated rings. The van der Waals surface area contributed by atoms with E-state index in [1.54, 1.807) is 13.8 Å². The van der Waals surface area contributed by atoms with Crippen molar-refractivity contribution in [3.05, 3.63) is 23.0 Å². The van der Waals surface area contributed by atoms with E-state index < -0.39 is 21.0 Å². The first-order valence-electron chi connectivity index (χ1n) is 9.66. The molecule has 0 amide bonds. The highest BCUT2D eigenvalue weighted by molar-refractivity contribution is 7.87. The number of halogens is 3. The molecular weight excluding hydrogens is 393 g/mol. The summed E-state index contributed by atoms with van der Waals surface area (Å²) >= 11 is 0. The van der Waals surface area contributed by atoms with E-state index in [0.29, 0.717) is 18.4 Å². The van der Waals surface area contributed by atoms with Crippen LogP contribution in [-0.4, -0.2) is 19.7 Å². The second-order valence-electron chi connectivity index (χ2n) is 8.53. The van der Waals surface area contributed by atoms with Gasteiger partial charge in [-0.15, -0.1) is 0 Å². The fraction of sp³-hybridized carbons (Fsp3) is 0.750. The van der Waals surface area contributed by atoms with E-state index in [9.17, 15) is 26.4 Å². The minimum absolute atomic E-state index is 0.0397. The van der Waals surface area contributed by atoms with E-state index in [1.807, 2.05) is 26.8 Å². The molecule has 28 heavy (non-hydrogen) atoms. The molecule has 2 rings (SSSR count). The van der Waals surface area contributed by atoms with E-state index >= 15 is 0 Å². The Morgan fingerprint density at radius 3 is 2.36 bits per heavy atom. The second kappa shape index (κ2) is 7.84. The Morgan fingerprint density at radius 2 is 1.86 bits per heavy atom. The Hall–Kier alpha value is -1.31. The number of hydrogen-bond acceptors (Lipinski definition) is 4. The fourth-order valence-electron chi connectivity index (χ4n) is 4.32. The molecule has 1 saturated carbocycles. The summed E-state index contributed by atoms with van der Waals surface area (Å²) in [7, 11) is -5.74. The molecule has 8 heteroatoms. The number of ketones is 1. The highest BCUT2D eigenvalue weighted by Crippen LogP contribution is 2.51. The standard InChI is InChI=1S/C20H29F3O4S/c1-12(2)16-9-10-19(5,18(16)27-28(25,26)20(21,22)23)11-15-7-6-8-17(15)13(3)14(4)24/h11-13,17H,6-10H2,1-5H3/b15-11+/t13-,17-,19+/m0/s1. The first-order valence-corrected chi connectivity index (χ1v) is 11.1. The Kier molecular flexibility index (Phi) is 6.43. The van der Waals surface area contributed by atoms with Gasteiger partial charge >= 0.3 is 15.6 Å². The van der Waals surface area contributed by atoms with E-state index in [2.05, 4.69) is 0 Å². The lowest BCUT2D eigenvalue weighted by Crippen LogP contribution is -2.29. The normalized spacial score (nSPS) is 29.0. The van der Waals surface area contributed by atoms with E-state index in [1.165, 1.54) is 0 Å². The lowest BCUT2D eigenvalue weighted by molar-refractivity contribution is -0.121. The smallest absolute Gasteiger partial charge is 0.380 e. The fourth-order valence-corrected chi connectivity index (χ4v) is 4.93. The summed E-state index contributed by atoms with van der Waals surface area (Å²) in [6.45, 7) is 8.76. The number of carbonyl (C=O) groups excluding carboxylic acids is 1. The summed E-state index contributed by atoms with van der Waals surface area (Å²) in [6.07, 6.45) is 5.35. The number of hydrogen-bond donors (Lipinski definition) is 0. The number of rotatable bonds is 6. The maximum atomic E-state index is 12.9. The largest absolute Gasteiger partial charge is 0.534 e. The number of carbonyl (C=O) groups is 1. The van der Waals surface area contributed by atoms with E-state index in [4.69, 9.17) is 4.18 Å². The predicted molar refractivity (Wildman–Crippen MR) is 101 cm³/mol. The summed E-state index contributed by atoms with van der Waals surface area (Å²) in [6, 6.07) is 0. The van der Waals surface area contributed by atoms with Crippen LogP contribution in [0.15, 0.2) is 23.0 Å². The quantitative estimate of drug-likeness (QED) is 0.321. The van der Waals surface area contributed by atoms with Crippen LogP contribution in [0.3, 0.4) is 0 Å². The van der Waals surface area contributed by atoms with Gasteiger partial charge in [-0.05, 0) is 63.4 Å². The molecule has 0 aromatic carbocycles. The molecule has 3 atom stereocenters. The van der Waals surface area contributed by atoms with E-state index in [0.717, 1.165) is 24.8 Å². The van der Waals surface area contributed by atoms with Crippen LogP contribution in [0.2, 0.25) is 0 Å². The minimum Gasteiger partial charge on any atom is -0.380 e. The topological polar surface area (TPSA) is 60.4 Å². The number of alkyl halides is 3. The van der Waals surface area contributed by atoms with Crippen LogP contribution in [0, 0.1) is 23.2 Å². The molecule has 0 aliphatic heterocycles. The molecule has 0 N–H and O–H groups in total. The minimum atomic E-state index is -5.74. The van der Waals surface area contributed by atoms with Gasteiger partial charge in [0, 0.05) is 11.3 Å². The van der Waals surface area contributed by atoms with Gasteiger partial charge in [-0.3, -0.25) is 4.79 Å². The van der Waals surface area contributed by atoms with Gasteiger partial charge in [-0.2, -0.15) is 21.6 Å². The second-order valence-corrected chi connectivity index (χ2v) is 10.1. The van der Waals surface area contributed by atoms with Gasteiger partial charge in [0.1, 0.15) is 11.5 Å². The van der Waals surface area contributed by atoms with E-state index in [-0.39, 0.29) is 29.3 Å². The van der Waals surface area contributed by atoms with Crippen LogP contribution in [-0.2, 0) is 19.1 Å². The average Bonchev–Trinajstić information content (AvgIpc) is 3.11. The van der Waals surface area contributed by atoms with Crippen LogP contribution < -0.4 is 0 Å². The molecule has 4 nitrogen and oxygen atoms in total. The maximum Gasteiger partial charge on any atom is 0.534 e. The summed E-state index contributed by atoms with van der Waals surface area (Å²) in [5, 5.41) is 0. The molecule has 160 valence electrons. The summed E-state index contributed by atoms with van der Waals surface area (Å²) in [5.74, 6) is -0.292. The van der Waals surface area contributed by atoms with Crippen molar-refractivity contribution in [2.75, 3.05) is 0 Å². The SMILES string of the molecule is CC(=O)[C@H](C)[C@@H]1CCC/C1=C\[C@@]1(C)CCC(C(C)C)=C1OS(=O)(=O)C(F)(F)F. The van der Waals surface area contributed by atoms with Gasteiger partial charge in [-0.1, -0.05) is 32.4 Å². The molecule has 0 aromatic rings. The molecule has 2 aliphatic rings. The van der Waals surface area contributed by atoms with Gasteiger partial charge in [0.25, 0.3) is 0 Å². The lowest BCUT2D eigenvalue weighted by atomic mass is 9.80. The van der Waals surface area contributed by atoms with Crippen molar-refractivity contribution in [1.82, 2.24) is 0 Å². The molecule has 0 saturated heterocycles. The van der Waals surface area contributed by atoms with Crippen molar-refractivity contribution >= 4 is 15.9 Å². The highest BCUT2D eigenvalue weighted by atomic mass is 32.2. The van der Waals surface area contributed by atoms with Crippen LogP contribution in [0.4, 0.5) is 13.2 Å². The predicted octanol–water partition coefficient (Wildman–Crippen LogP) is 5.51. The molecule has 2 aliphatic carbocycles. The average molecular weight is 423 g/mol. The zero-order valence-corrected chi connectivity index (χ0v) is 17.8. The Morgan fingerprint density at radius 1 is 1.25 bits per heavy atom. The summed E-state index contributed by atoms with van der Waals surface area (Å²) in [4.78, 5) is 11.8. The molecule has 0 unspecified atom stereocenters. The summed E-state index contributed by atoms with van der Waals surface area (Å²) in [5.41, 5.74) is -4.80. The van der Waals surface area contributed by atoms with Gasteiger partial charge < -0.3 is 4.18 Å². The molecule has 0 radical (unpaired) electrons. The highest BCUT2D eigenvalue weighted by Gasteiger charge is 2.52. The molecule has 0 heterocycles. The lowest BCUT2D eigenvalue weighted by Gasteiger charge is -2.28. The third-order valence-electron chi connectivity index (χ3n) is 6.10. The first-order chi connectivity index (χ1) is 12.7. The van der Waals surface area contributed by atoms with Crippen LogP contribution >= 0.6 is 0 Å². The zero-order chi connectivity index (χ0) is 21.5. The van der Waals surface area contributed by atoms with Crippen molar-refractivity contribution in [2.24, 2.45) is 23.2 Å². The molecule has 0 bridgehead atoms. The zero-order valence-electron chi connectivity index (χ0n) is 17.0. The van der Waals surface area contributed by atoms with Crippen molar-refractivity contribution < 1.29 is 30.6 Å². The molecule has 0 spiro atoms. The maximum absolute atomic E-state index is 12.9. The van der Waals surface area contributed by atoms with Crippen molar-refractivity contribution in [3.63, 3.8) is 0 Å². The Labute approximate surface area is 165 Å². The van der Waals surface area contributed by atoms with Crippen LogP contribution in [0.1, 0.15) is 66.7 Å². The van der Waals surface area contributed by atoms with Gasteiger partial charge in [0.2, 0.25) is 0 Å². The Balaban J connectivity index is 2.48. The number of allylic oxidation sites excluding steroid dienone is 3. The summed E-state index contributed by atoms with van der Waals surface area (Å²) < 4.78 is 67.0. The number of Topliss-reactive ketones (excluding diaryl/α,β-unsaturated/α-hetero) is 1. The van der Waals surface area contributed by atoms with Gasteiger partial charge in [0.05, 0.1) is 0 Å². The van der Waals surface area contributed by atoms with Gasteiger partial charge in [-0.25, -0.2) is 0 Å². The van der Waals surface area contributed by atoms with Crippen LogP contribution in [0.25, 0.3) is 0 Å². The third kappa shape index (κ3) is 4.47. The third-order valence-corrected chi connectivity index (χ3v) is 7.06. The van der Waals surface area contributed by atoms with Crippen molar-refractivity contribution in [1.29, 1.82) is 0 Å².